The molecule has 1 aromatic carbocycles. The molecule has 0 radical (unpaired) electrons. The average Bonchev–Trinajstić information content (AvgIpc) is 3.34. The molecule has 8 heteroatoms. The van der Waals surface area contributed by atoms with Crippen molar-refractivity contribution in [2.75, 3.05) is 55.5 Å². The summed E-state index contributed by atoms with van der Waals surface area (Å²) in [6.45, 7) is 3.71. The minimum absolute atomic E-state index is 0.0154. The van der Waals surface area contributed by atoms with Gasteiger partial charge in [0.15, 0.2) is 0 Å². The Bertz CT molecular complexity index is 877. The van der Waals surface area contributed by atoms with E-state index in [-0.39, 0.29) is 11.8 Å². The van der Waals surface area contributed by atoms with E-state index in [4.69, 9.17) is 9.47 Å². The lowest BCUT2D eigenvalue weighted by Gasteiger charge is -2.32. The van der Waals surface area contributed by atoms with Gasteiger partial charge in [-0.1, -0.05) is 0 Å². The monoisotopic (exact) mass is 411 g/mol. The van der Waals surface area contributed by atoms with Crippen LogP contribution in [0.15, 0.2) is 30.6 Å². The molecule has 0 saturated carbocycles. The van der Waals surface area contributed by atoms with Gasteiger partial charge in [0.25, 0.3) is 0 Å². The van der Waals surface area contributed by atoms with Crippen LogP contribution < -0.4 is 24.6 Å². The third-order valence-electron chi connectivity index (χ3n) is 5.92. The summed E-state index contributed by atoms with van der Waals surface area (Å²) >= 11 is 0. The van der Waals surface area contributed by atoms with E-state index in [1.807, 2.05) is 6.07 Å². The van der Waals surface area contributed by atoms with Gasteiger partial charge in [-0.2, -0.15) is 0 Å². The van der Waals surface area contributed by atoms with Crippen molar-refractivity contribution < 1.29 is 14.3 Å². The SMILES string of the molecule is COc1ccc(OC)c(NC(=O)C2CCN(c3cc(N4CCCC4)ncn3)CC2)c1. The molecule has 2 saturated heterocycles. The molecule has 0 bridgehead atoms. The van der Waals surface area contributed by atoms with Crippen molar-refractivity contribution in [2.24, 2.45) is 5.92 Å². The number of benzene rings is 1. The number of anilines is 3. The topological polar surface area (TPSA) is 79.8 Å². The zero-order chi connectivity index (χ0) is 20.9. The van der Waals surface area contributed by atoms with E-state index in [0.717, 1.165) is 50.7 Å². The lowest BCUT2D eigenvalue weighted by Crippen LogP contribution is -2.38. The van der Waals surface area contributed by atoms with Gasteiger partial charge in [-0.3, -0.25) is 4.79 Å². The highest BCUT2D eigenvalue weighted by molar-refractivity contribution is 5.94. The second-order valence-corrected chi connectivity index (χ2v) is 7.75. The minimum atomic E-state index is -0.0444. The van der Waals surface area contributed by atoms with Crippen molar-refractivity contribution in [3.05, 3.63) is 30.6 Å². The van der Waals surface area contributed by atoms with Crippen LogP contribution in [0.4, 0.5) is 17.3 Å². The lowest BCUT2D eigenvalue weighted by atomic mass is 9.95. The Morgan fingerprint density at radius 3 is 2.27 bits per heavy atom. The van der Waals surface area contributed by atoms with Gasteiger partial charge in [-0.05, 0) is 37.8 Å². The number of nitrogens with one attached hydrogen (secondary N) is 1. The van der Waals surface area contributed by atoms with Crippen LogP contribution in [0.5, 0.6) is 11.5 Å². The molecule has 0 aliphatic carbocycles. The molecule has 0 spiro atoms. The summed E-state index contributed by atoms with van der Waals surface area (Å²) in [6.07, 6.45) is 5.65. The van der Waals surface area contributed by atoms with Gasteiger partial charge in [0.2, 0.25) is 5.91 Å². The fourth-order valence-electron chi connectivity index (χ4n) is 4.15. The van der Waals surface area contributed by atoms with Crippen LogP contribution in [0.3, 0.4) is 0 Å². The summed E-state index contributed by atoms with van der Waals surface area (Å²) in [5, 5.41) is 3.01. The number of carbonyl (C=O) groups excluding carboxylic acids is 1. The van der Waals surface area contributed by atoms with Gasteiger partial charge in [0, 0.05) is 44.2 Å². The van der Waals surface area contributed by atoms with E-state index < -0.39 is 0 Å². The highest BCUT2D eigenvalue weighted by atomic mass is 16.5. The summed E-state index contributed by atoms with van der Waals surface area (Å²) in [5.74, 6) is 3.22. The molecule has 2 aliphatic rings. The lowest BCUT2D eigenvalue weighted by molar-refractivity contribution is -0.120. The van der Waals surface area contributed by atoms with Gasteiger partial charge in [-0.25, -0.2) is 9.97 Å². The predicted octanol–water partition coefficient (Wildman–Crippen LogP) is 2.95. The van der Waals surface area contributed by atoms with Gasteiger partial charge in [0.05, 0.1) is 19.9 Å². The number of methoxy groups -OCH3 is 2. The molecule has 1 N–H and O–H groups in total. The van der Waals surface area contributed by atoms with Gasteiger partial charge < -0.3 is 24.6 Å². The van der Waals surface area contributed by atoms with E-state index in [1.165, 1.54) is 12.8 Å². The third-order valence-corrected chi connectivity index (χ3v) is 5.92. The number of hydrogen-bond donors (Lipinski definition) is 1. The normalized spacial score (nSPS) is 17.1. The molecule has 2 fully saturated rings. The molecular formula is C22H29N5O3. The summed E-state index contributed by atoms with van der Waals surface area (Å²) in [5.41, 5.74) is 0.635. The van der Waals surface area contributed by atoms with E-state index >= 15 is 0 Å². The number of rotatable bonds is 6. The van der Waals surface area contributed by atoms with Crippen molar-refractivity contribution in [3.8, 4) is 11.5 Å². The van der Waals surface area contributed by atoms with E-state index in [9.17, 15) is 4.79 Å². The Kier molecular flexibility index (Phi) is 6.21. The maximum Gasteiger partial charge on any atom is 0.227 e. The molecule has 30 heavy (non-hydrogen) atoms. The Morgan fingerprint density at radius 1 is 0.967 bits per heavy atom. The maximum absolute atomic E-state index is 12.8. The van der Waals surface area contributed by atoms with Crippen LogP contribution in [-0.2, 0) is 4.79 Å². The largest absolute Gasteiger partial charge is 0.497 e. The molecule has 0 unspecified atom stereocenters. The summed E-state index contributed by atoms with van der Waals surface area (Å²) in [7, 11) is 3.19. The highest BCUT2D eigenvalue weighted by Gasteiger charge is 2.27. The Hall–Kier alpha value is -3.03. The molecule has 2 aliphatic heterocycles. The molecule has 8 nitrogen and oxygen atoms in total. The fourth-order valence-corrected chi connectivity index (χ4v) is 4.15. The number of ether oxygens (including phenoxy) is 2. The van der Waals surface area contributed by atoms with E-state index in [2.05, 4.69) is 31.2 Å². The number of hydrogen-bond acceptors (Lipinski definition) is 7. The summed E-state index contributed by atoms with van der Waals surface area (Å²) in [6, 6.07) is 7.47. The first-order valence-electron chi connectivity index (χ1n) is 10.5. The first kappa shape index (κ1) is 20.3. The number of amides is 1. The highest BCUT2D eigenvalue weighted by Crippen LogP contribution is 2.31. The van der Waals surface area contributed by atoms with E-state index in [0.29, 0.717) is 17.2 Å². The van der Waals surface area contributed by atoms with Crippen molar-refractivity contribution in [2.45, 2.75) is 25.7 Å². The third kappa shape index (κ3) is 4.42. The van der Waals surface area contributed by atoms with Crippen LogP contribution in [-0.4, -0.2) is 56.3 Å². The molecule has 1 aromatic heterocycles. The second-order valence-electron chi connectivity index (χ2n) is 7.75. The maximum atomic E-state index is 12.8. The Balaban J connectivity index is 1.37. The number of piperidine rings is 1. The van der Waals surface area contributed by atoms with Crippen LogP contribution in [0.2, 0.25) is 0 Å². The molecule has 4 rings (SSSR count). The quantitative estimate of drug-likeness (QED) is 0.783. The number of carbonyl (C=O) groups is 1. The smallest absolute Gasteiger partial charge is 0.227 e. The van der Waals surface area contributed by atoms with Crippen LogP contribution >= 0.6 is 0 Å². The van der Waals surface area contributed by atoms with Gasteiger partial charge in [0.1, 0.15) is 29.5 Å². The zero-order valence-corrected chi connectivity index (χ0v) is 17.6. The van der Waals surface area contributed by atoms with Crippen LogP contribution in [0.1, 0.15) is 25.7 Å². The molecule has 3 heterocycles. The predicted molar refractivity (Wildman–Crippen MR) is 117 cm³/mol. The molecule has 2 aromatic rings. The molecule has 1 amide bonds. The minimum Gasteiger partial charge on any atom is -0.497 e. The molecule has 0 atom stereocenters. The van der Waals surface area contributed by atoms with Crippen LogP contribution in [0, 0.1) is 5.92 Å². The number of nitrogens with zero attached hydrogens (tertiary/aromatic N) is 4. The van der Waals surface area contributed by atoms with E-state index in [1.54, 1.807) is 32.7 Å². The fraction of sp³-hybridized carbons (Fsp3) is 0.500. The summed E-state index contributed by atoms with van der Waals surface area (Å²) in [4.78, 5) is 26.3. The average molecular weight is 412 g/mol. The van der Waals surface area contributed by atoms with Crippen molar-refractivity contribution in [1.82, 2.24) is 9.97 Å². The van der Waals surface area contributed by atoms with Gasteiger partial charge in [-0.15, -0.1) is 0 Å². The number of aromatic nitrogens is 2. The molecule has 160 valence electrons. The standard InChI is InChI=1S/C22H29N5O3/c1-29-17-5-6-19(30-2)18(13-17)25-22(28)16-7-11-27(12-8-16)21-14-20(23-15-24-21)26-9-3-4-10-26/h5-6,13-16H,3-4,7-12H2,1-2H3,(H,25,28). The van der Waals surface area contributed by atoms with Crippen molar-refractivity contribution in [1.29, 1.82) is 0 Å². The van der Waals surface area contributed by atoms with Crippen molar-refractivity contribution in [3.63, 3.8) is 0 Å². The van der Waals surface area contributed by atoms with Gasteiger partial charge >= 0.3 is 0 Å². The van der Waals surface area contributed by atoms with Crippen molar-refractivity contribution >= 4 is 23.2 Å². The Labute approximate surface area is 177 Å². The first-order chi connectivity index (χ1) is 14.7. The first-order valence-corrected chi connectivity index (χ1v) is 10.5. The Morgan fingerprint density at radius 2 is 1.63 bits per heavy atom. The molecular weight excluding hydrogens is 382 g/mol. The van der Waals surface area contributed by atoms with Crippen LogP contribution in [0.25, 0.3) is 0 Å². The second kappa shape index (κ2) is 9.19. The summed E-state index contributed by atoms with van der Waals surface area (Å²) < 4.78 is 10.6. The zero-order valence-electron chi connectivity index (χ0n) is 17.6.